The molecule has 17 rings (SSSR count). The molecule has 21 nitrogen and oxygen atoms in total. The lowest BCUT2D eigenvalue weighted by Gasteiger charge is -2.29. The minimum absolute atomic E-state index is 0.00837. The quantitative estimate of drug-likeness (QED) is 0.00937. The van der Waals surface area contributed by atoms with Crippen molar-refractivity contribution < 1.29 is 33.6 Å². The van der Waals surface area contributed by atoms with Gasteiger partial charge in [0, 0.05) is 143 Å². The average molecular weight is 1720 g/mol. The summed E-state index contributed by atoms with van der Waals surface area (Å²) in [6.45, 7) is 4.82. The van der Waals surface area contributed by atoms with Crippen LogP contribution in [0, 0.1) is 0 Å². The number of amides is 6. The van der Waals surface area contributed by atoms with Crippen molar-refractivity contribution >= 4 is 73.7 Å². The maximum Gasteiger partial charge on any atom is 0.251 e. The third kappa shape index (κ3) is 24.8. The third-order valence-electron chi connectivity index (χ3n) is 24.4. The number of guanidine groups is 1. The molecule has 3 aliphatic heterocycles. The number of carbonyl (C=O) groups excluding carboxylic acids is 6. The summed E-state index contributed by atoms with van der Waals surface area (Å²) in [6.07, 6.45) is 10.6. The van der Waals surface area contributed by atoms with Crippen molar-refractivity contribution in [3.05, 3.63) is 420 Å². The van der Waals surface area contributed by atoms with Crippen LogP contribution in [0.1, 0.15) is 119 Å². The highest BCUT2D eigenvalue weighted by Crippen LogP contribution is 2.32. The van der Waals surface area contributed by atoms with Gasteiger partial charge in [-0.3, -0.25) is 38.7 Å². The number of nitrogens with zero attached hydrogens (tertiary/aromatic N) is 6. The molecule has 0 saturated carbocycles. The second kappa shape index (κ2) is 45.1. The van der Waals surface area contributed by atoms with Gasteiger partial charge in [-0.1, -0.05) is 279 Å². The summed E-state index contributed by atoms with van der Waals surface area (Å²) in [5.74, 6) is -0.309. The third-order valence-corrected chi connectivity index (χ3v) is 24.4. The Bertz CT molecular complexity index is 5660. The van der Waals surface area contributed by atoms with Crippen LogP contribution in [0.15, 0.2) is 364 Å². The van der Waals surface area contributed by atoms with Gasteiger partial charge in [-0.2, -0.15) is 0 Å². The van der Waals surface area contributed by atoms with E-state index in [1.165, 1.54) is 22.3 Å². The normalized spacial score (nSPS) is 17.1. The van der Waals surface area contributed by atoms with Crippen LogP contribution in [0.2, 0.25) is 0 Å². The lowest BCUT2D eigenvalue weighted by atomic mass is 9.90. The summed E-state index contributed by atoms with van der Waals surface area (Å²) in [5, 5.41) is 30.0. The minimum Gasteiger partial charge on any atom is -0.393 e. The summed E-state index contributed by atoms with van der Waals surface area (Å²) in [4.78, 5) is 101. The zero-order valence-corrected chi connectivity index (χ0v) is 72.3. The Labute approximate surface area is 753 Å². The van der Waals surface area contributed by atoms with Gasteiger partial charge in [0.25, 0.3) is 17.7 Å². The number of rotatable bonds is 29. The van der Waals surface area contributed by atoms with Crippen molar-refractivity contribution in [2.24, 2.45) is 16.6 Å². The van der Waals surface area contributed by atoms with E-state index >= 15 is 0 Å². The predicted octanol–water partition coefficient (Wildman–Crippen LogP) is 14.8. The highest BCUT2D eigenvalue weighted by atomic mass is 16.6. The number of nitrogens with two attached hydrogens (primary N) is 2. The van der Waals surface area contributed by atoms with Crippen molar-refractivity contribution in [3.63, 3.8) is 0 Å². The molecule has 3 saturated heterocycles. The van der Waals surface area contributed by atoms with Crippen molar-refractivity contribution in [2.75, 3.05) is 65.5 Å². The molecule has 0 aliphatic carbocycles. The molecule has 12 aromatic carbocycles. The number of fused-ring (bicyclic) bond motifs is 3. The molecule has 10 N–H and O–H groups in total. The molecular weight excluding hydrogens is 1610 g/mol. The van der Waals surface area contributed by atoms with E-state index in [1.54, 1.807) is 18.6 Å². The van der Waals surface area contributed by atoms with Crippen LogP contribution in [-0.2, 0) is 32.1 Å². The molecule has 3 fully saturated rings. The Hall–Kier alpha value is -14.5. The number of oxime groups is 1. The molecule has 14 aromatic rings. The molecule has 5 heterocycles. The highest BCUT2D eigenvalue weighted by molar-refractivity contribution is 6.00. The van der Waals surface area contributed by atoms with Crippen LogP contribution < -0.4 is 43.4 Å². The van der Waals surface area contributed by atoms with Crippen LogP contribution >= 0.6 is 0 Å². The first-order valence-electron chi connectivity index (χ1n) is 44.5. The summed E-state index contributed by atoms with van der Waals surface area (Å²) >= 11 is 0. The molecule has 654 valence electrons. The topological polar surface area (TPSA) is 284 Å². The lowest BCUT2D eigenvalue weighted by molar-refractivity contribution is -0.134. The minimum atomic E-state index is -0.536. The Kier molecular flexibility index (Phi) is 31.2. The van der Waals surface area contributed by atoms with E-state index in [4.69, 9.17) is 16.3 Å². The van der Waals surface area contributed by atoms with E-state index in [0.29, 0.717) is 101 Å². The van der Waals surface area contributed by atoms with Gasteiger partial charge in [-0.25, -0.2) is 0 Å². The van der Waals surface area contributed by atoms with Gasteiger partial charge in [0.15, 0.2) is 0 Å². The fourth-order valence-corrected chi connectivity index (χ4v) is 17.5. The molecule has 2 aromatic heterocycles. The van der Waals surface area contributed by atoms with Crippen molar-refractivity contribution in [2.45, 2.75) is 92.5 Å². The van der Waals surface area contributed by atoms with Crippen molar-refractivity contribution in [1.82, 2.24) is 56.6 Å². The second-order valence-electron chi connectivity index (χ2n) is 33.2. The van der Waals surface area contributed by atoms with Crippen LogP contribution in [0.25, 0.3) is 32.3 Å². The molecule has 0 bridgehead atoms. The van der Waals surface area contributed by atoms with Crippen LogP contribution in [0.3, 0.4) is 0 Å². The molecule has 0 radical (unpaired) electrons. The van der Waals surface area contributed by atoms with E-state index in [2.05, 4.69) is 168 Å². The van der Waals surface area contributed by atoms with E-state index in [-0.39, 0.29) is 83.9 Å². The van der Waals surface area contributed by atoms with E-state index < -0.39 is 18.1 Å². The van der Waals surface area contributed by atoms with Gasteiger partial charge in [0.1, 0.15) is 6.61 Å². The number of hydrogen-bond acceptors (Lipinski definition) is 13. The van der Waals surface area contributed by atoms with Gasteiger partial charge < -0.3 is 62.9 Å². The van der Waals surface area contributed by atoms with Crippen LogP contribution in [-0.4, -0.2) is 168 Å². The Morgan fingerprint density at radius 3 is 0.992 bits per heavy atom. The molecule has 6 atom stereocenters. The van der Waals surface area contributed by atoms with Crippen molar-refractivity contribution in [3.8, 4) is 0 Å². The first-order valence-corrected chi connectivity index (χ1v) is 44.5. The van der Waals surface area contributed by atoms with Crippen molar-refractivity contribution in [1.29, 1.82) is 0 Å². The Morgan fingerprint density at radius 2 is 0.667 bits per heavy atom. The van der Waals surface area contributed by atoms with Gasteiger partial charge in [-0.05, 0) is 169 Å². The number of carbonyl (C=O) groups is 6. The average Bonchev–Trinajstić information content (AvgIpc) is 1.77. The second-order valence-corrected chi connectivity index (χ2v) is 33.2. The Morgan fingerprint density at radius 1 is 0.357 bits per heavy atom. The smallest absolute Gasteiger partial charge is 0.251 e. The summed E-state index contributed by atoms with van der Waals surface area (Å²) in [5.41, 5.74) is 21.7. The Balaban J connectivity index is 0.000000149. The molecule has 3 aliphatic rings. The van der Waals surface area contributed by atoms with Gasteiger partial charge in [0.2, 0.25) is 23.7 Å². The largest absolute Gasteiger partial charge is 0.393 e. The maximum absolute atomic E-state index is 14.1. The number of hydrogen-bond donors (Lipinski definition) is 8. The van der Waals surface area contributed by atoms with E-state index in [1.807, 2.05) is 233 Å². The van der Waals surface area contributed by atoms with E-state index in [9.17, 15) is 28.8 Å². The highest BCUT2D eigenvalue weighted by Gasteiger charge is 2.37. The SMILES string of the molecule is NC(N)=NOCC[C@@H]1N[C@H](CNC(=O)c2ccc3ccccc3c2)CCN(CC(c2ccccc2)c2ccccc2)C1=O.O=C(NC[C@@H]1CCN(CC(c2ccccc2)c2ccccc2)C(=O)[C@H](Cc2cccnc2)N1)c1ccc2ccccc2c1.O=C(NC[C@@H]1CCN(CC(c2ccccc2)c2ccccc2)C(=O)[C@H](Cc2ccncc2)N1)c1ccc2ccccc2c1. The number of pyridine rings is 2. The first-order chi connectivity index (χ1) is 63.2. The monoisotopic (exact) mass is 1710 g/mol. The fraction of sp³-hybridized carbons (Fsp3) is 0.231. The molecular formula is C108H110N14O7. The van der Waals surface area contributed by atoms with Gasteiger partial charge in [0.05, 0.1) is 18.1 Å². The molecule has 6 amide bonds. The standard InChI is InChI=1S/2C37H36N4O2.C34H38N6O3/c42-36(32-18-17-28-11-7-8-16-31(28)23-32)39-25-33-19-21-41(37(43)35(40-33)22-27-10-9-20-38-24-27)26-34(29-12-3-1-4-13-29)30-14-5-2-6-15-30;42-36(32-16-15-28-9-7-8-14-31(28)24-32)39-25-33-19-22-41(37(43)35(40-33)23-27-17-20-38-21-18-27)26-34(29-10-3-1-4-11-29)30-12-5-2-6-13-30;35-34(36)39-43-20-18-31-33(42)40(23-30(25-10-3-1-4-11-25)26-12-5-2-6-13-26)19-17-29(38-31)22-37-32(41)28-16-15-24-9-7-8-14-27(24)21-28/h1-18,20,23-24,33-35,40H,19,21-22,25-26H2,(H,39,42);1-18,20-21,24,33-35,40H,19,22-23,25-26H2,(H,39,42);1-16,21,29-31,38H,17-20,22-23H2,(H,37,41)(H4,35,36,39)/t2*33-,35-;29-,31-/m000/s1. The lowest BCUT2D eigenvalue weighted by Crippen LogP contribution is -2.50. The summed E-state index contributed by atoms with van der Waals surface area (Å²) in [6, 6.07) is 109. The van der Waals surface area contributed by atoms with Gasteiger partial charge >= 0.3 is 0 Å². The number of aromatic nitrogens is 2. The van der Waals surface area contributed by atoms with E-state index in [0.717, 1.165) is 67.4 Å². The number of nitrogens with one attached hydrogen (secondary N) is 6. The summed E-state index contributed by atoms with van der Waals surface area (Å²) in [7, 11) is 0. The molecule has 0 spiro atoms. The summed E-state index contributed by atoms with van der Waals surface area (Å²) < 4.78 is 0. The fourth-order valence-electron chi connectivity index (χ4n) is 17.5. The zero-order chi connectivity index (χ0) is 88.9. The zero-order valence-electron chi connectivity index (χ0n) is 72.3. The molecule has 21 heteroatoms. The van der Waals surface area contributed by atoms with Crippen LogP contribution in [0.4, 0.5) is 0 Å². The molecule has 0 unspecified atom stereocenters. The maximum atomic E-state index is 14.1. The predicted molar refractivity (Wildman–Crippen MR) is 511 cm³/mol. The number of benzene rings is 12. The molecule has 129 heavy (non-hydrogen) atoms. The van der Waals surface area contributed by atoms with Crippen LogP contribution in [0.5, 0.6) is 0 Å². The van der Waals surface area contributed by atoms with Gasteiger partial charge in [-0.15, -0.1) is 0 Å². The first kappa shape index (κ1) is 89.3.